The average molecular weight is 276 g/mol. The Morgan fingerprint density at radius 2 is 1.80 bits per heavy atom. The van der Waals surface area contributed by atoms with Crippen molar-refractivity contribution in [1.29, 1.82) is 0 Å². The first kappa shape index (κ1) is 13.1. The smallest absolute Gasteiger partial charge is 0.240 e. The first-order valence-corrected chi connectivity index (χ1v) is 8.76. The van der Waals surface area contributed by atoms with Crippen LogP contribution in [0.2, 0.25) is 0 Å². The molecule has 5 rings (SSSR count). The zero-order valence-electron chi connectivity index (χ0n) is 12.7. The van der Waals surface area contributed by atoms with Gasteiger partial charge in [0.1, 0.15) is 0 Å². The van der Waals surface area contributed by atoms with Gasteiger partial charge in [0.05, 0.1) is 5.54 Å². The third kappa shape index (κ3) is 1.93. The molecule has 5 aliphatic rings. The van der Waals surface area contributed by atoms with Crippen LogP contribution in [0.25, 0.3) is 0 Å². The molecule has 0 radical (unpaired) electrons. The predicted octanol–water partition coefficient (Wildman–Crippen LogP) is 2.46. The van der Waals surface area contributed by atoms with Crippen LogP contribution in [0, 0.1) is 23.7 Å². The fourth-order valence-corrected chi connectivity index (χ4v) is 5.91. The lowest BCUT2D eigenvalue weighted by Crippen LogP contribution is -2.61. The van der Waals surface area contributed by atoms with E-state index in [-0.39, 0.29) is 5.54 Å². The van der Waals surface area contributed by atoms with Gasteiger partial charge < -0.3 is 10.6 Å². The number of hydrogen-bond acceptors (Lipinski definition) is 2. The fourth-order valence-electron chi connectivity index (χ4n) is 5.91. The Kier molecular flexibility index (Phi) is 3.10. The zero-order valence-corrected chi connectivity index (χ0v) is 12.7. The summed E-state index contributed by atoms with van der Waals surface area (Å²) in [6.45, 7) is 3.15. The van der Waals surface area contributed by atoms with E-state index >= 15 is 0 Å². The largest absolute Gasteiger partial charge is 0.351 e. The van der Waals surface area contributed by atoms with Crippen LogP contribution in [0.15, 0.2) is 0 Å². The summed E-state index contributed by atoms with van der Waals surface area (Å²) in [5.41, 5.74) is -0.255. The Morgan fingerprint density at radius 1 is 1.15 bits per heavy atom. The van der Waals surface area contributed by atoms with Crippen LogP contribution < -0.4 is 10.6 Å². The van der Waals surface area contributed by atoms with E-state index in [1.807, 2.05) is 0 Å². The Morgan fingerprint density at radius 3 is 2.30 bits per heavy atom. The van der Waals surface area contributed by atoms with Crippen LogP contribution >= 0.6 is 0 Å². The van der Waals surface area contributed by atoms with Gasteiger partial charge in [-0.2, -0.15) is 0 Å². The molecule has 1 atom stereocenters. The summed E-state index contributed by atoms with van der Waals surface area (Å²) < 4.78 is 0. The second-order valence-corrected chi connectivity index (χ2v) is 7.90. The molecule has 112 valence electrons. The fraction of sp³-hybridized carbons (Fsp3) is 0.941. The van der Waals surface area contributed by atoms with Gasteiger partial charge in [0, 0.05) is 6.04 Å². The van der Waals surface area contributed by atoms with Crippen molar-refractivity contribution in [2.45, 2.75) is 69.9 Å². The SMILES string of the molecule is CCC1(C(=O)NC2C3CC4CC(C3)CC2C4)CCCN1. The van der Waals surface area contributed by atoms with Crippen molar-refractivity contribution < 1.29 is 4.79 Å². The van der Waals surface area contributed by atoms with Crippen molar-refractivity contribution in [2.75, 3.05) is 6.54 Å². The summed E-state index contributed by atoms with van der Waals surface area (Å²) in [5, 5.41) is 6.97. The third-order valence-corrected chi connectivity index (χ3v) is 6.81. The standard InChI is InChI=1S/C17H28N2O/c1-2-17(4-3-5-18-17)16(20)19-15-13-7-11-6-12(9-13)10-14(15)8-11/h11-15,18H,2-10H2,1H3,(H,19,20). The Bertz CT molecular complexity index is 372. The quantitative estimate of drug-likeness (QED) is 0.831. The highest BCUT2D eigenvalue weighted by atomic mass is 16.2. The van der Waals surface area contributed by atoms with Crippen molar-refractivity contribution >= 4 is 5.91 Å². The highest BCUT2D eigenvalue weighted by molar-refractivity contribution is 5.87. The van der Waals surface area contributed by atoms with Crippen molar-refractivity contribution in [3.05, 3.63) is 0 Å². The van der Waals surface area contributed by atoms with Gasteiger partial charge in [-0.15, -0.1) is 0 Å². The van der Waals surface area contributed by atoms with Crippen molar-refractivity contribution in [3.8, 4) is 0 Å². The maximum atomic E-state index is 12.8. The number of carbonyl (C=O) groups is 1. The maximum absolute atomic E-state index is 12.8. The van der Waals surface area contributed by atoms with E-state index in [4.69, 9.17) is 0 Å². The van der Waals surface area contributed by atoms with Crippen LogP contribution in [0.1, 0.15) is 58.3 Å². The van der Waals surface area contributed by atoms with E-state index in [2.05, 4.69) is 17.6 Å². The minimum Gasteiger partial charge on any atom is -0.351 e. The molecule has 3 heteroatoms. The Hall–Kier alpha value is -0.570. The number of rotatable bonds is 3. The predicted molar refractivity (Wildman–Crippen MR) is 79.2 cm³/mol. The molecule has 20 heavy (non-hydrogen) atoms. The van der Waals surface area contributed by atoms with Gasteiger partial charge in [-0.3, -0.25) is 4.79 Å². The van der Waals surface area contributed by atoms with E-state index < -0.39 is 0 Å². The summed E-state index contributed by atoms with van der Waals surface area (Å²) >= 11 is 0. The van der Waals surface area contributed by atoms with Crippen LogP contribution in [0.5, 0.6) is 0 Å². The zero-order chi connectivity index (χ0) is 13.7. The van der Waals surface area contributed by atoms with E-state index in [0.717, 1.165) is 49.5 Å². The Balaban J connectivity index is 1.47. The summed E-state index contributed by atoms with van der Waals surface area (Å²) in [7, 11) is 0. The molecule has 4 aliphatic carbocycles. The van der Waals surface area contributed by atoms with E-state index in [1.165, 1.54) is 32.1 Å². The van der Waals surface area contributed by atoms with E-state index in [9.17, 15) is 4.79 Å². The first-order valence-electron chi connectivity index (χ1n) is 8.76. The Labute approximate surface area is 122 Å². The molecule has 1 heterocycles. The van der Waals surface area contributed by atoms with Gasteiger partial charge >= 0.3 is 0 Å². The molecule has 1 saturated heterocycles. The molecule has 4 bridgehead atoms. The van der Waals surface area contributed by atoms with Gasteiger partial charge in [-0.25, -0.2) is 0 Å². The van der Waals surface area contributed by atoms with Crippen LogP contribution in [0.3, 0.4) is 0 Å². The minimum absolute atomic E-state index is 0.255. The normalized spacial score (nSPS) is 49.5. The monoisotopic (exact) mass is 276 g/mol. The molecule has 1 amide bonds. The van der Waals surface area contributed by atoms with Crippen molar-refractivity contribution in [1.82, 2.24) is 10.6 Å². The third-order valence-electron chi connectivity index (χ3n) is 6.81. The van der Waals surface area contributed by atoms with Crippen molar-refractivity contribution in [2.24, 2.45) is 23.7 Å². The van der Waals surface area contributed by atoms with Gasteiger partial charge in [-0.1, -0.05) is 6.92 Å². The summed E-state index contributed by atoms with van der Waals surface area (Å²) in [5.74, 6) is 3.83. The average Bonchev–Trinajstić information content (AvgIpc) is 2.92. The van der Waals surface area contributed by atoms with Crippen LogP contribution in [0.4, 0.5) is 0 Å². The van der Waals surface area contributed by atoms with Gasteiger partial charge in [0.25, 0.3) is 0 Å². The molecule has 5 fully saturated rings. The number of carbonyl (C=O) groups excluding carboxylic acids is 1. The summed E-state index contributed by atoms with van der Waals surface area (Å²) in [6.07, 6.45) is 10.1. The van der Waals surface area contributed by atoms with E-state index in [0.29, 0.717) is 11.9 Å². The first-order chi connectivity index (χ1) is 9.70. The minimum atomic E-state index is -0.255. The highest BCUT2D eigenvalue weighted by Gasteiger charge is 2.50. The van der Waals surface area contributed by atoms with Crippen LogP contribution in [-0.4, -0.2) is 24.0 Å². The molecule has 4 saturated carbocycles. The molecule has 3 nitrogen and oxygen atoms in total. The maximum Gasteiger partial charge on any atom is 0.240 e. The molecule has 1 aliphatic heterocycles. The lowest BCUT2D eigenvalue weighted by molar-refractivity contribution is -0.131. The summed E-state index contributed by atoms with van der Waals surface area (Å²) in [6, 6.07) is 0.487. The summed E-state index contributed by atoms with van der Waals surface area (Å²) in [4.78, 5) is 12.8. The molecular weight excluding hydrogens is 248 g/mol. The molecule has 0 spiro atoms. The number of nitrogens with one attached hydrogen (secondary N) is 2. The number of hydrogen-bond donors (Lipinski definition) is 2. The number of amides is 1. The second kappa shape index (κ2) is 4.72. The molecule has 0 aromatic rings. The highest BCUT2D eigenvalue weighted by Crippen LogP contribution is 2.53. The molecular formula is C17H28N2O. The van der Waals surface area contributed by atoms with E-state index in [1.54, 1.807) is 0 Å². The molecule has 2 N–H and O–H groups in total. The van der Waals surface area contributed by atoms with Gasteiger partial charge in [0.2, 0.25) is 5.91 Å². The lowest BCUT2D eigenvalue weighted by Gasteiger charge is -2.54. The van der Waals surface area contributed by atoms with Gasteiger partial charge in [0.15, 0.2) is 0 Å². The molecule has 1 unspecified atom stereocenters. The second-order valence-electron chi connectivity index (χ2n) is 7.90. The van der Waals surface area contributed by atoms with Crippen molar-refractivity contribution in [3.63, 3.8) is 0 Å². The topological polar surface area (TPSA) is 41.1 Å². The van der Waals surface area contributed by atoms with Crippen LogP contribution in [-0.2, 0) is 4.79 Å². The van der Waals surface area contributed by atoms with Gasteiger partial charge in [-0.05, 0) is 81.6 Å². The molecule has 0 aromatic carbocycles. The lowest BCUT2D eigenvalue weighted by atomic mass is 9.54. The molecule has 0 aromatic heterocycles.